The quantitative estimate of drug-likeness (QED) is 0.829. The summed E-state index contributed by atoms with van der Waals surface area (Å²) in [6.45, 7) is 2.12. The van der Waals surface area contributed by atoms with Crippen LogP contribution in [-0.2, 0) is 6.42 Å². The zero-order chi connectivity index (χ0) is 13.0. The zero-order valence-electron chi connectivity index (χ0n) is 11.4. The lowest BCUT2D eigenvalue weighted by Gasteiger charge is -2.12. The van der Waals surface area contributed by atoms with Gasteiger partial charge >= 0.3 is 0 Å². The minimum Gasteiger partial charge on any atom is -0.496 e. The molecular weight excluding hydrogens is 222 g/mol. The lowest BCUT2D eigenvalue weighted by molar-refractivity contribution is 0.410. The van der Waals surface area contributed by atoms with E-state index in [1.807, 2.05) is 0 Å². The number of ether oxygens (including phenoxy) is 1. The second-order valence-corrected chi connectivity index (χ2v) is 5.23. The molecule has 1 aliphatic carbocycles. The number of allylic oxidation sites excluding steroid dienone is 1. The lowest BCUT2D eigenvalue weighted by atomic mass is 9.99. The monoisotopic (exact) mass is 245 g/mol. The van der Waals surface area contributed by atoms with Crippen molar-refractivity contribution < 1.29 is 4.74 Å². The summed E-state index contributed by atoms with van der Waals surface area (Å²) in [5, 5.41) is 0. The summed E-state index contributed by atoms with van der Waals surface area (Å²) in [6, 6.07) is 6.60. The van der Waals surface area contributed by atoms with Crippen LogP contribution in [0.1, 0.15) is 36.8 Å². The lowest BCUT2D eigenvalue weighted by Crippen LogP contribution is -2.16. The minimum atomic E-state index is 0.235. The predicted octanol–water partition coefficient (Wildman–Crippen LogP) is 3.37. The molecule has 1 unspecified atom stereocenters. The Kier molecular flexibility index (Phi) is 4.43. The van der Waals surface area contributed by atoms with Gasteiger partial charge in [-0.2, -0.15) is 0 Å². The van der Waals surface area contributed by atoms with Crippen molar-refractivity contribution in [3.05, 3.63) is 41.0 Å². The molecule has 0 heterocycles. The van der Waals surface area contributed by atoms with E-state index in [4.69, 9.17) is 10.5 Å². The van der Waals surface area contributed by atoms with Crippen LogP contribution < -0.4 is 10.5 Å². The summed E-state index contributed by atoms with van der Waals surface area (Å²) in [5.41, 5.74) is 10.1. The van der Waals surface area contributed by atoms with Crippen LogP contribution in [-0.4, -0.2) is 13.2 Å². The van der Waals surface area contributed by atoms with Gasteiger partial charge in [0.2, 0.25) is 0 Å². The van der Waals surface area contributed by atoms with Crippen molar-refractivity contribution in [1.29, 1.82) is 0 Å². The van der Waals surface area contributed by atoms with Crippen molar-refractivity contribution >= 4 is 0 Å². The molecule has 1 aliphatic rings. The number of hydrogen-bond donors (Lipinski definition) is 1. The van der Waals surface area contributed by atoms with E-state index in [1.165, 1.54) is 36.0 Å². The van der Waals surface area contributed by atoms with Gasteiger partial charge in [0.25, 0.3) is 0 Å². The third-order valence-electron chi connectivity index (χ3n) is 3.59. The highest BCUT2D eigenvalue weighted by Gasteiger charge is 2.11. The Balaban J connectivity index is 2.19. The van der Waals surface area contributed by atoms with E-state index in [0.717, 1.165) is 18.6 Å². The Morgan fingerprint density at radius 2 is 2.17 bits per heavy atom. The normalized spacial score (nSPS) is 20.2. The highest BCUT2D eigenvalue weighted by atomic mass is 16.5. The molecule has 1 aromatic carbocycles. The van der Waals surface area contributed by atoms with Crippen molar-refractivity contribution in [1.82, 2.24) is 0 Å². The minimum absolute atomic E-state index is 0.235. The van der Waals surface area contributed by atoms with Crippen LogP contribution in [0.4, 0.5) is 0 Å². The number of aryl methyl sites for hydroxylation is 1. The summed E-state index contributed by atoms with van der Waals surface area (Å²) in [4.78, 5) is 0. The molecule has 2 heteroatoms. The molecule has 0 spiro atoms. The number of benzene rings is 1. The van der Waals surface area contributed by atoms with Crippen molar-refractivity contribution in [2.45, 2.75) is 45.1 Å². The molecule has 0 fully saturated rings. The second kappa shape index (κ2) is 6.05. The first-order valence-electron chi connectivity index (χ1n) is 6.77. The average Bonchev–Trinajstić information content (AvgIpc) is 2.54. The molecule has 0 saturated heterocycles. The van der Waals surface area contributed by atoms with Gasteiger partial charge < -0.3 is 10.5 Å². The molecule has 98 valence electrons. The van der Waals surface area contributed by atoms with Gasteiger partial charge in [0.05, 0.1) is 7.11 Å². The third kappa shape index (κ3) is 3.36. The fraction of sp³-hybridized carbons (Fsp3) is 0.500. The highest BCUT2D eigenvalue weighted by Crippen LogP contribution is 2.26. The molecule has 0 saturated carbocycles. The summed E-state index contributed by atoms with van der Waals surface area (Å²) >= 11 is 0. The van der Waals surface area contributed by atoms with Crippen LogP contribution in [0.3, 0.4) is 0 Å². The standard InChI is InChI=1S/C16H23NO/c1-12-7-8-16(18-2)14(9-12)10-13-5-3-4-6-15(17)11-13/h7-9,11,15H,3-6,10,17H2,1-2H3. The Labute approximate surface area is 110 Å². The highest BCUT2D eigenvalue weighted by molar-refractivity contribution is 5.39. The molecule has 0 aromatic heterocycles. The Hall–Kier alpha value is -1.28. The van der Waals surface area contributed by atoms with E-state index in [1.54, 1.807) is 7.11 Å². The maximum Gasteiger partial charge on any atom is 0.122 e. The third-order valence-corrected chi connectivity index (χ3v) is 3.59. The van der Waals surface area contributed by atoms with Gasteiger partial charge in [-0.15, -0.1) is 0 Å². The fourth-order valence-corrected chi connectivity index (χ4v) is 2.64. The molecule has 18 heavy (non-hydrogen) atoms. The van der Waals surface area contributed by atoms with Crippen LogP contribution in [0.15, 0.2) is 29.8 Å². The van der Waals surface area contributed by atoms with Crippen molar-refractivity contribution in [2.75, 3.05) is 7.11 Å². The maximum absolute atomic E-state index is 6.07. The largest absolute Gasteiger partial charge is 0.496 e. The first kappa shape index (κ1) is 13.2. The van der Waals surface area contributed by atoms with Crippen LogP contribution in [0.5, 0.6) is 5.75 Å². The number of hydrogen-bond acceptors (Lipinski definition) is 2. The van der Waals surface area contributed by atoms with Crippen LogP contribution in [0.25, 0.3) is 0 Å². The molecule has 0 bridgehead atoms. The van der Waals surface area contributed by atoms with Gasteiger partial charge in [0.1, 0.15) is 5.75 Å². The molecule has 0 amide bonds. The molecular formula is C16H23NO. The van der Waals surface area contributed by atoms with E-state index in [9.17, 15) is 0 Å². The molecule has 2 nitrogen and oxygen atoms in total. The average molecular weight is 245 g/mol. The second-order valence-electron chi connectivity index (χ2n) is 5.23. The Morgan fingerprint density at radius 3 is 2.94 bits per heavy atom. The fourth-order valence-electron chi connectivity index (χ4n) is 2.64. The molecule has 0 aliphatic heterocycles. The summed E-state index contributed by atoms with van der Waals surface area (Å²) < 4.78 is 5.44. The van der Waals surface area contributed by atoms with E-state index in [0.29, 0.717) is 0 Å². The van der Waals surface area contributed by atoms with Gasteiger partial charge in [-0.05, 0) is 44.2 Å². The molecule has 0 radical (unpaired) electrons. The van der Waals surface area contributed by atoms with Gasteiger partial charge in [-0.3, -0.25) is 0 Å². The van der Waals surface area contributed by atoms with E-state index < -0.39 is 0 Å². The van der Waals surface area contributed by atoms with Gasteiger partial charge in [-0.25, -0.2) is 0 Å². The van der Waals surface area contributed by atoms with Crippen LogP contribution >= 0.6 is 0 Å². The van der Waals surface area contributed by atoms with Gasteiger partial charge in [0, 0.05) is 6.04 Å². The molecule has 1 atom stereocenters. The maximum atomic E-state index is 6.07. The van der Waals surface area contributed by atoms with E-state index >= 15 is 0 Å². The smallest absolute Gasteiger partial charge is 0.122 e. The van der Waals surface area contributed by atoms with E-state index in [2.05, 4.69) is 31.2 Å². The first-order chi connectivity index (χ1) is 8.69. The Morgan fingerprint density at radius 1 is 1.33 bits per heavy atom. The van der Waals surface area contributed by atoms with E-state index in [-0.39, 0.29) is 6.04 Å². The number of rotatable bonds is 3. The number of nitrogens with two attached hydrogens (primary N) is 1. The molecule has 2 N–H and O–H groups in total. The zero-order valence-corrected chi connectivity index (χ0v) is 11.4. The van der Waals surface area contributed by atoms with Crippen LogP contribution in [0, 0.1) is 6.92 Å². The first-order valence-corrected chi connectivity index (χ1v) is 6.77. The SMILES string of the molecule is COc1ccc(C)cc1CC1=CC(N)CCCC1. The topological polar surface area (TPSA) is 35.2 Å². The summed E-state index contributed by atoms with van der Waals surface area (Å²) in [7, 11) is 1.74. The molecule has 2 rings (SSSR count). The van der Waals surface area contributed by atoms with Crippen molar-refractivity contribution in [3.63, 3.8) is 0 Å². The van der Waals surface area contributed by atoms with Gasteiger partial charge in [0.15, 0.2) is 0 Å². The van der Waals surface area contributed by atoms with Crippen LogP contribution in [0.2, 0.25) is 0 Å². The summed E-state index contributed by atoms with van der Waals surface area (Å²) in [6.07, 6.45) is 8.02. The van der Waals surface area contributed by atoms with Gasteiger partial charge in [-0.1, -0.05) is 35.8 Å². The van der Waals surface area contributed by atoms with Crippen molar-refractivity contribution in [2.24, 2.45) is 5.73 Å². The molecule has 1 aromatic rings. The predicted molar refractivity (Wildman–Crippen MR) is 76.0 cm³/mol. The summed E-state index contributed by atoms with van der Waals surface area (Å²) in [5.74, 6) is 0.985. The Bertz CT molecular complexity index is 437. The van der Waals surface area contributed by atoms with Crippen molar-refractivity contribution in [3.8, 4) is 5.75 Å². The number of methoxy groups -OCH3 is 1.